The summed E-state index contributed by atoms with van der Waals surface area (Å²) in [6.45, 7) is 0.199. The molecule has 0 spiro atoms. The third kappa shape index (κ3) is 3.03. The number of hydrogen-bond acceptors (Lipinski definition) is 5. The summed E-state index contributed by atoms with van der Waals surface area (Å²) in [5.41, 5.74) is 2.71. The van der Waals surface area contributed by atoms with Crippen LogP contribution in [-0.2, 0) is 4.79 Å². The molecule has 0 aliphatic rings. The summed E-state index contributed by atoms with van der Waals surface area (Å²) in [5.74, 6) is 0.580. The highest BCUT2D eigenvalue weighted by molar-refractivity contribution is 5.86. The summed E-state index contributed by atoms with van der Waals surface area (Å²) in [7, 11) is 3.25. The Kier molecular flexibility index (Phi) is 4.91. The Labute approximate surface area is 94.4 Å². The smallest absolute Gasteiger partial charge is 0.170 e. The summed E-state index contributed by atoms with van der Waals surface area (Å²) in [6, 6.07) is 6.25. The van der Waals surface area contributed by atoms with E-state index in [1.165, 1.54) is 0 Å². The van der Waals surface area contributed by atoms with E-state index >= 15 is 0 Å². The molecule has 16 heavy (non-hydrogen) atoms. The average molecular weight is 224 g/mol. The van der Waals surface area contributed by atoms with Gasteiger partial charge in [-0.05, 0) is 24.7 Å². The van der Waals surface area contributed by atoms with Gasteiger partial charge in [0, 0.05) is 0 Å². The number of hydrogen-bond donors (Lipinski definition) is 3. The van der Waals surface area contributed by atoms with Gasteiger partial charge in [-0.1, -0.05) is 12.1 Å². The highest BCUT2D eigenvalue weighted by Crippen LogP contribution is 2.17. The van der Waals surface area contributed by atoms with Gasteiger partial charge in [-0.25, -0.2) is 0 Å². The monoisotopic (exact) mass is 224 g/mol. The molecular formula is C11H16N2O3. The van der Waals surface area contributed by atoms with Crippen LogP contribution in [0.1, 0.15) is 11.6 Å². The fourth-order valence-corrected chi connectivity index (χ4v) is 1.41. The molecule has 0 heterocycles. The Balaban J connectivity index is 2.82. The van der Waals surface area contributed by atoms with E-state index in [1.807, 2.05) is 5.48 Å². The largest absolute Gasteiger partial charge is 0.497 e. The lowest BCUT2D eigenvalue weighted by Gasteiger charge is -2.14. The number of carbonyl (C=O) groups excluding carboxylic acids is 1. The maximum Gasteiger partial charge on any atom is 0.170 e. The van der Waals surface area contributed by atoms with E-state index in [2.05, 4.69) is 5.32 Å². The molecule has 1 aromatic carbocycles. The van der Waals surface area contributed by atoms with Crippen LogP contribution < -0.4 is 15.5 Å². The lowest BCUT2D eigenvalue weighted by molar-refractivity contribution is -0.122. The minimum absolute atomic E-state index is 0.129. The van der Waals surface area contributed by atoms with Gasteiger partial charge in [-0.15, -0.1) is 0 Å². The first-order valence-corrected chi connectivity index (χ1v) is 4.93. The second-order valence-electron chi connectivity index (χ2n) is 3.33. The molecule has 0 aliphatic heterocycles. The molecule has 0 fully saturated rings. The number of methoxy groups -OCH3 is 1. The third-order valence-electron chi connectivity index (χ3n) is 2.25. The number of carbonyl (C=O) groups is 1. The molecule has 88 valence electrons. The van der Waals surface area contributed by atoms with Crippen LogP contribution in [0.15, 0.2) is 24.3 Å². The van der Waals surface area contributed by atoms with Crippen LogP contribution in [0.3, 0.4) is 0 Å². The van der Waals surface area contributed by atoms with Crippen LogP contribution in [0.4, 0.5) is 0 Å². The van der Waals surface area contributed by atoms with Gasteiger partial charge in [0.2, 0.25) is 0 Å². The van der Waals surface area contributed by atoms with Crippen molar-refractivity contribution < 1.29 is 14.7 Å². The SMILES string of the molecule is CNCC(=O)C(NO)c1ccc(OC)cc1. The highest BCUT2D eigenvalue weighted by atomic mass is 16.5. The molecule has 0 bridgehead atoms. The number of rotatable bonds is 6. The van der Waals surface area contributed by atoms with Gasteiger partial charge in [0.15, 0.2) is 5.78 Å². The molecular weight excluding hydrogens is 208 g/mol. The van der Waals surface area contributed by atoms with Gasteiger partial charge in [0.05, 0.1) is 13.7 Å². The van der Waals surface area contributed by atoms with E-state index in [4.69, 9.17) is 9.94 Å². The van der Waals surface area contributed by atoms with Crippen molar-refractivity contribution in [2.75, 3.05) is 20.7 Å². The quantitative estimate of drug-likeness (QED) is 0.614. The van der Waals surface area contributed by atoms with Gasteiger partial charge in [-0.2, -0.15) is 5.48 Å². The van der Waals surface area contributed by atoms with Gasteiger partial charge < -0.3 is 15.3 Å². The van der Waals surface area contributed by atoms with Crippen LogP contribution in [0, 0.1) is 0 Å². The zero-order valence-electron chi connectivity index (χ0n) is 9.36. The normalized spacial score (nSPS) is 12.2. The van der Waals surface area contributed by atoms with E-state index in [9.17, 15) is 4.79 Å². The fourth-order valence-electron chi connectivity index (χ4n) is 1.41. The van der Waals surface area contributed by atoms with Crippen molar-refractivity contribution in [1.82, 2.24) is 10.8 Å². The van der Waals surface area contributed by atoms with E-state index in [-0.39, 0.29) is 12.3 Å². The number of ether oxygens (including phenoxy) is 1. The van der Waals surface area contributed by atoms with Crippen molar-refractivity contribution in [2.24, 2.45) is 0 Å². The fraction of sp³-hybridized carbons (Fsp3) is 0.364. The Morgan fingerprint density at radius 2 is 2.06 bits per heavy atom. The minimum Gasteiger partial charge on any atom is -0.497 e. The Morgan fingerprint density at radius 1 is 1.44 bits per heavy atom. The standard InChI is InChI=1S/C11H16N2O3/c1-12-7-10(14)11(13-15)8-3-5-9(16-2)6-4-8/h3-6,11-13,15H,7H2,1-2H3. The van der Waals surface area contributed by atoms with Crippen LogP contribution in [0.25, 0.3) is 0 Å². The number of benzene rings is 1. The first-order valence-electron chi connectivity index (χ1n) is 4.93. The average Bonchev–Trinajstić information content (AvgIpc) is 2.31. The molecule has 5 nitrogen and oxygen atoms in total. The number of nitrogens with one attached hydrogen (secondary N) is 2. The molecule has 0 saturated heterocycles. The van der Waals surface area contributed by atoms with E-state index in [0.717, 1.165) is 0 Å². The van der Waals surface area contributed by atoms with E-state index < -0.39 is 6.04 Å². The molecule has 0 aliphatic carbocycles. The molecule has 1 rings (SSSR count). The lowest BCUT2D eigenvalue weighted by atomic mass is 10.0. The van der Waals surface area contributed by atoms with Gasteiger partial charge in [-0.3, -0.25) is 4.79 Å². The summed E-state index contributed by atoms with van der Waals surface area (Å²) in [6.07, 6.45) is 0. The second kappa shape index (κ2) is 6.22. The van der Waals surface area contributed by atoms with E-state index in [1.54, 1.807) is 38.4 Å². The van der Waals surface area contributed by atoms with Gasteiger partial charge in [0.25, 0.3) is 0 Å². The maximum absolute atomic E-state index is 11.6. The van der Waals surface area contributed by atoms with Crippen molar-refractivity contribution >= 4 is 5.78 Å². The summed E-state index contributed by atoms with van der Waals surface area (Å²) >= 11 is 0. The number of ketones is 1. The zero-order valence-corrected chi connectivity index (χ0v) is 9.36. The lowest BCUT2D eigenvalue weighted by Crippen LogP contribution is -2.32. The predicted octanol–water partition coefficient (Wildman–Crippen LogP) is 0.504. The minimum atomic E-state index is -0.710. The van der Waals surface area contributed by atoms with Crippen molar-refractivity contribution in [3.63, 3.8) is 0 Å². The molecule has 1 atom stereocenters. The summed E-state index contributed by atoms with van der Waals surface area (Å²) < 4.78 is 5.01. The molecule has 0 saturated carbocycles. The third-order valence-corrected chi connectivity index (χ3v) is 2.25. The number of hydroxylamine groups is 1. The van der Waals surface area contributed by atoms with Crippen LogP contribution >= 0.6 is 0 Å². The molecule has 1 unspecified atom stereocenters. The first-order chi connectivity index (χ1) is 7.72. The summed E-state index contributed by atoms with van der Waals surface area (Å²) in [5, 5.41) is 11.7. The molecule has 0 amide bonds. The first kappa shape index (κ1) is 12.6. The second-order valence-corrected chi connectivity index (χ2v) is 3.33. The molecule has 1 aromatic rings. The Morgan fingerprint density at radius 3 is 2.50 bits per heavy atom. The van der Waals surface area contributed by atoms with Crippen LogP contribution in [0.5, 0.6) is 5.75 Å². The van der Waals surface area contributed by atoms with Gasteiger partial charge in [0.1, 0.15) is 11.8 Å². The van der Waals surface area contributed by atoms with Crippen molar-refractivity contribution in [3.8, 4) is 5.75 Å². The molecule has 0 aromatic heterocycles. The number of likely N-dealkylation sites (N-methyl/N-ethyl adjacent to an activating group) is 1. The summed E-state index contributed by atoms with van der Waals surface area (Å²) in [4.78, 5) is 11.6. The molecule has 0 radical (unpaired) electrons. The highest BCUT2D eigenvalue weighted by Gasteiger charge is 2.18. The topological polar surface area (TPSA) is 70.6 Å². The Hall–Kier alpha value is -1.43. The number of Topliss-reactive ketones (excluding diaryl/α,β-unsaturated/α-hetero) is 1. The van der Waals surface area contributed by atoms with Crippen molar-refractivity contribution in [3.05, 3.63) is 29.8 Å². The predicted molar refractivity (Wildman–Crippen MR) is 59.6 cm³/mol. The van der Waals surface area contributed by atoms with Crippen molar-refractivity contribution in [1.29, 1.82) is 0 Å². The van der Waals surface area contributed by atoms with Crippen molar-refractivity contribution in [2.45, 2.75) is 6.04 Å². The van der Waals surface area contributed by atoms with E-state index in [0.29, 0.717) is 11.3 Å². The maximum atomic E-state index is 11.6. The molecule has 5 heteroatoms. The van der Waals surface area contributed by atoms with Crippen LogP contribution in [-0.4, -0.2) is 31.7 Å². The Bertz CT molecular complexity index is 338. The zero-order chi connectivity index (χ0) is 12.0. The van der Waals surface area contributed by atoms with Crippen LogP contribution in [0.2, 0.25) is 0 Å². The molecule has 3 N–H and O–H groups in total. The van der Waals surface area contributed by atoms with Gasteiger partial charge >= 0.3 is 0 Å².